The molecular formula is C34H39Cl2F3N8O6. The molecule has 286 valence electrons. The molecule has 0 bridgehead atoms. The number of rotatable bonds is 9. The van der Waals surface area contributed by atoms with Crippen molar-refractivity contribution < 1.29 is 41.8 Å². The van der Waals surface area contributed by atoms with Crippen LogP contribution in [-0.4, -0.2) is 110 Å². The fourth-order valence-electron chi connectivity index (χ4n) is 6.29. The van der Waals surface area contributed by atoms with E-state index in [0.717, 1.165) is 9.10 Å². The van der Waals surface area contributed by atoms with Gasteiger partial charge in [-0.1, -0.05) is 23.7 Å². The Morgan fingerprint density at radius 1 is 1.04 bits per heavy atom. The first-order valence-electron chi connectivity index (χ1n) is 16.6. The lowest BCUT2D eigenvalue weighted by Gasteiger charge is -2.35. The van der Waals surface area contributed by atoms with Gasteiger partial charge < -0.3 is 34.4 Å². The average Bonchev–Trinajstić information content (AvgIpc) is 3.62. The maximum absolute atomic E-state index is 14.2. The van der Waals surface area contributed by atoms with E-state index in [4.69, 9.17) is 32.9 Å². The van der Waals surface area contributed by atoms with Crippen molar-refractivity contribution in [3.63, 3.8) is 0 Å². The summed E-state index contributed by atoms with van der Waals surface area (Å²) in [5, 5.41) is 7.15. The van der Waals surface area contributed by atoms with E-state index < -0.39 is 42.2 Å². The number of benzene rings is 2. The van der Waals surface area contributed by atoms with Gasteiger partial charge in [0.25, 0.3) is 5.91 Å². The molecule has 5 rings (SSSR count). The number of hydrogen-bond acceptors (Lipinski definition) is 9. The van der Waals surface area contributed by atoms with Gasteiger partial charge in [0.05, 0.1) is 53.0 Å². The predicted molar refractivity (Wildman–Crippen MR) is 193 cm³/mol. The summed E-state index contributed by atoms with van der Waals surface area (Å²) in [7, 11) is 3.23. The minimum absolute atomic E-state index is 0.0201. The van der Waals surface area contributed by atoms with Crippen molar-refractivity contribution in [1.82, 2.24) is 19.6 Å². The Morgan fingerprint density at radius 2 is 1.72 bits per heavy atom. The van der Waals surface area contributed by atoms with Crippen LogP contribution in [0, 0.1) is 0 Å². The summed E-state index contributed by atoms with van der Waals surface area (Å²) in [6.07, 6.45) is -6.17. The Balaban J connectivity index is 1.57. The molecule has 53 heavy (non-hydrogen) atoms. The minimum atomic E-state index is -5.27. The quantitative estimate of drug-likeness (QED) is 0.263. The van der Waals surface area contributed by atoms with Crippen LogP contribution in [0.5, 0.6) is 0 Å². The Hall–Kier alpha value is -4.58. The molecule has 1 saturated heterocycles. The number of para-hydroxylation sites is 1. The number of hydrogen-bond donors (Lipinski definition) is 1. The number of methoxy groups -OCH3 is 1. The molecule has 1 fully saturated rings. The van der Waals surface area contributed by atoms with E-state index in [0.29, 0.717) is 36.8 Å². The fourth-order valence-corrected chi connectivity index (χ4v) is 6.80. The predicted octanol–water partition coefficient (Wildman–Crippen LogP) is 5.92. The normalized spacial score (nSPS) is 15.6. The molecule has 0 spiro atoms. The van der Waals surface area contributed by atoms with Crippen LogP contribution < -0.4 is 19.5 Å². The summed E-state index contributed by atoms with van der Waals surface area (Å²) in [4.78, 5) is 59.9. The van der Waals surface area contributed by atoms with Crippen LogP contribution in [0.3, 0.4) is 0 Å². The van der Waals surface area contributed by atoms with Crippen molar-refractivity contribution in [2.24, 2.45) is 0 Å². The second-order valence-electron chi connectivity index (χ2n) is 12.8. The Bertz CT molecular complexity index is 1880. The van der Waals surface area contributed by atoms with E-state index in [-0.39, 0.29) is 58.8 Å². The summed E-state index contributed by atoms with van der Waals surface area (Å²) in [5.74, 6) is -3.29. The lowest BCUT2D eigenvalue weighted by molar-refractivity contribution is -0.170. The standard InChI is InChI=1S/C34H39Cl2F3N8O6/c1-6-53-32(51)47-27-23(20-45(33(27,2)3)31(50)46(36)25-10-8-7-9-24(25)35)28(41-47)40-29(48)22-12-11-21(43-15-13-42(4)14-16-43)19-26(22)44(17-18-52-5)30(49)34(37,38)39/h7-12,19H,6,13-18,20H2,1-5H3,(H,40,41,48). The van der Waals surface area contributed by atoms with E-state index in [1.807, 2.05) is 11.9 Å². The Morgan fingerprint density at radius 3 is 2.34 bits per heavy atom. The number of nitrogens with one attached hydrogen (secondary N) is 1. The number of likely N-dealkylation sites (N-methyl/N-ethyl adjacent to an activating group) is 1. The number of fused-ring (bicyclic) bond motifs is 1. The number of amides is 4. The molecule has 3 heterocycles. The van der Waals surface area contributed by atoms with Crippen molar-refractivity contribution in [2.75, 3.05) is 79.6 Å². The number of nitrogens with zero attached hydrogens (tertiary/aromatic N) is 7. The van der Waals surface area contributed by atoms with Crippen LogP contribution in [-0.2, 0) is 26.4 Å². The molecular weight excluding hydrogens is 744 g/mol. The van der Waals surface area contributed by atoms with Gasteiger partial charge in [-0.25, -0.2) is 14.0 Å². The molecule has 14 nitrogen and oxygen atoms in total. The summed E-state index contributed by atoms with van der Waals surface area (Å²) in [5.41, 5.74) is -0.715. The lowest BCUT2D eigenvalue weighted by Crippen LogP contribution is -2.46. The van der Waals surface area contributed by atoms with Crippen LogP contribution in [0.2, 0.25) is 5.02 Å². The van der Waals surface area contributed by atoms with E-state index >= 15 is 0 Å². The topological polar surface area (TPSA) is 133 Å². The van der Waals surface area contributed by atoms with Gasteiger partial charge in [-0.05, 0) is 58.2 Å². The third-order valence-electron chi connectivity index (χ3n) is 9.08. The van der Waals surface area contributed by atoms with Crippen molar-refractivity contribution >= 4 is 70.2 Å². The van der Waals surface area contributed by atoms with Crippen molar-refractivity contribution in [2.45, 2.75) is 39.0 Å². The fraction of sp³-hybridized carbons (Fsp3) is 0.441. The minimum Gasteiger partial charge on any atom is -0.448 e. The highest BCUT2D eigenvalue weighted by Gasteiger charge is 2.49. The highest BCUT2D eigenvalue weighted by molar-refractivity contribution is 6.41. The molecule has 0 radical (unpaired) electrons. The zero-order valence-electron chi connectivity index (χ0n) is 29.7. The largest absolute Gasteiger partial charge is 0.471 e. The molecule has 2 aliphatic heterocycles. The van der Waals surface area contributed by atoms with Crippen LogP contribution in [0.4, 0.5) is 45.6 Å². The van der Waals surface area contributed by atoms with Gasteiger partial charge in [0, 0.05) is 62.9 Å². The molecule has 0 aliphatic carbocycles. The van der Waals surface area contributed by atoms with Gasteiger partial charge in [-0.2, -0.15) is 17.9 Å². The Kier molecular flexibility index (Phi) is 11.8. The number of piperazine rings is 1. The zero-order chi connectivity index (χ0) is 38.8. The molecule has 0 saturated carbocycles. The third-order valence-corrected chi connectivity index (χ3v) is 9.73. The van der Waals surface area contributed by atoms with E-state index in [1.165, 1.54) is 24.1 Å². The molecule has 0 atom stereocenters. The summed E-state index contributed by atoms with van der Waals surface area (Å²) in [6, 6.07) is 9.99. The highest BCUT2D eigenvalue weighted by Crippen LogP contribution is 2.44. The van der Waals surface area contributed by atoms with Gasteiger partial charge in [-0.3, -0.25) is 9.59 Å². The maximum Gasteiger partial charge on any atom is 0.471 e. The highest BCUT2D eigenvalue weighted by atomic mass is 35.5. The van der Waals surface area contributed by atoms with Gasteiger partial charge in [0.15, 0.2) is 5.82 Å². The molecule has 2 aromatic carbocycles. The first kappa shape index (κ1) is 39.6. The van der Waals surface area contributed by atoms with E-state index in [1.54, 1.807) is 51.1 Å². The molecule has 2 aliphatic rings. The SMILES string of the molecule is CCOC(=O)n1nc(NC(=O)c2ccc(N3CCN(C)CC3)cc2N(CCOC)C(=O)C(F)(F)F)c2c1C(C)(C)N(C(=O)N(Cl)c1ccccc1Cl)C2. The van der Waals surface area contributed by atoms with Crippen LogP contribution in [0.15, 0.2) is 42.5 Å². The summed E-state index contributed by atoms with van der Waals surface area (Å²) >= 11 is 12.8. The summed E-state index contributed by atoms with van der Waals surface area (Å²) in [6.45, 7) is 6.38. The van der Waals surface area contributed by atoms with Gasteiger partial charge >= 0.3 is 24.2 Å². The van der Waals surface area contributed by atoms with Crippen LogP contribution >= 0.6 is 23.4 Å². The number of urea groups is 1. The smallest absolute Gasteiger partial charge is 0.448 e. The number of aromatic nitrogens is 2. The Labute approximate surface area is 314 Å². The van der Waals surface area contributed by atoms with Crippen molar-refractivity contribution in [3.05, 3.63) is 64.3 Å². The average molecular weight is 784 g/mol. The van der Waals surface area contributed by atoms with Crippen LogP contribution in [0.1, 0.15) is 42.4 Å². The summed E-state index contributed by atoms with van der Waals surface area (Å²) < 4.78 is 54.0. The second kappa shape index (κ2) is 15.8. The number of alkyl halides is 3. The maximum atomic E-state index is 14.2. The van der Waals surface area contributed by atoms with E-state index in [2.05, 4.69) is 15.3 Å². The number of anilines is 4. The number of ether oxygens (including phenoxy) is 2. The molecule has 1 N–H and O–H groups in total. The molecule has 0 unspecified atom stereocenters. The van der Waals surface area contributed by atoms with Crippen LogP contribution in [0.25, 0.3) is 0 Å². The van der Waals surface area contributed by atoms with Crippen molar-refractivity contribution in [1.29, 1.82) is 0 Å². The monoisotopic (exact) mass is 782 g/mol. The third kappa shape index (κ3) is 8.02. The van der Waals surface area contributed by atoms with Gasteiger partial charge in [0.2, 0.25) is 0 Å². The number of halogens is 5. The van der Waals surface area contributed by atoms with Crippen molar-refractivity contribution in [3.8, 4) is 0 Å². The molecule has 4 amide bonds. The first-order valence-corrected chi connectivity index (χ1v) is 17.3. The number of carbonyl (C=O) groups is 4. The molecule has 1 aromatic heterocycles. The van der Waals surface area contributed by atoms with E-state index in [9.17, 15) is 32.3 Å². The molecule has 3 aromatic rings. The zero-order valence-corrected chi connectivity index (χ0v) is 31.2. The second-order valence-corrected chi connectivity index (χ2v) is 13.6. The van der Waals surface area contributed by atoms with Gasteiger partial charge in [-0.15, -0.1) is 5.10 Å². The van der Waals surface area contributed by atoms with Gasteiger partial charge in [0.1, 0.15) is 0 Å². The molecule has 19 heteroatoms. The first-order chi connectivity index (χ1) is 25.0. The lowest BCUT2D eigenvalue weighted by atomic mass is 10.0. The number of carbonyl (C=O) groups excluding carboxylic acids is 4.